The van der Waals surface area contributed by atoms with Gasteiger partial charge < -0.3 is 9.94 Å². The quantitative estimate of drug-likeness (QED) is 0.938. The highest BCUT2D eigenvalue weighted by Crippen LogP contribution is 2.20. The lowest BCUT2D eigenvalue weighted by atomic mass is 10.2. The number of nitrogens with zero attached hydrogens (tertiary/aromatic N) is 2. The summed E-state index contributed by atoms with van der Waals surface area (Å²) in [6.45, 7) is 0.204. The zero-order chi connectivity index (χ0) is 13.1. The van der Waals surface area contributed by atoms with Crippen LogP contribution in [0.5, 0.6) is 0 Å². The summed E-state index contributed by atoms with van der Waals surface area (Å²) in [6, 6.07) is 9.31. The van der Waals surface area contributed by atoms with Crippen LogP contribution in [-0.4, -0.2) is 20.8 Å². The Morgan fingerprint density at radius 1 is 1.33 bits per heavy atom. The second-order valence-electron chi connectivity index (χ2n) is 3.38. The van der Waals surface area contributed by atoms with E-state index in [-0.39, 0.29) is 22.7 Å². The monoisotopic (exact) mass is 286 g/mol. The molecule has 0 bridgehead atoms. The van der Waals surface area contributed by atoms with Crippen molar-refractivity contribution in [3.05, 3.63) is 52.0 Å². The van der Waals surface area contributed by atoms with Gasteiger partial charge in [-0.3, -0.25) is 0 Å². The lowest BCUT2D eigenvalue weighted by Crippen LogP contribution is -2.11. The zero-order valence-electron chi connectivity index (χ0n) is 9.01. The Balaban J connectivity index is 2.17. The summed E-state index contributed by atoms with van der Waals surface area (Å²) < 4.78 is 0.986. The number of aromatic nitrogens is 2. The van der Waals surface area contributed by atoms with Gasteiger partial charge in [-0.05, 0) is 17.2 Å². The first-order chi connectivity index (χ1) is 8.59. The van der Waals surface area contributed by atoms with Crippen LogP contribution in [0.15, 0.2) is 30.3 Å². The van der Waals surface area contributed by atoms with E-state index in [1.165, 1.54) is 0 Å². The fourth-order valence-corrected chi connectivity index (χ4v) is 1.83. The maximum atomic E-state index is 10.8. The third-order valence-electron chi connectivity index (χ3n) is 2.15. The van der Waals surface area contributed by atoms with Gasteiger partial charge in [0.15, 0.2) is 10.8 Å². The Bertz CT molecular complexity index is 569. The Morgan fingerprint density at radius 3 is 2.56 bits per heavy atom. The van der Waals surface area contributed by atoms with Gasteiger partial charge in [0.1, 0.15) is 6.61 Å². The number of halogens is 2. The van der Waals surface area contributed by atoms with E-state index < -0.39 is 5.97 Å². The Hall–Kier alpha value is -1.72. The third-order valence-corrected chi connectivity index (χ3v) is 2.72. The van der Waals surface area contributed by atoms with Gasteiger partial charge >= 0.3 is 5.97 Å². The van der Waals surface area contributed by atoms with E-state index >= 15 is 0 Å². The second-order valence-corrected chi connectivity index (χ2v) is 4.07. The fourth-order valence-electron chi connectivity index (χ4n) is 1.32. The summed E-state index contributed by atoms with van der Waals surface area (Å²) in [7, 11) is 0. The van der Waals surface area contributed by atoms with Crippen molar-refractivity contribution in [3.8, 4) is 0 Å². The molecule has 0 aliphatic rings. The SMILES string of the molecule is O=C(O)c1nc(Cl)n(OCc2ccccc2)c1Cl. The molecule has 0 aliphatic carbocycles. The van der Waals surface area contributed by atoms with Crippen LogP contribution in [0.2, 0.25) is 10.4 Å². The Labute approximate surface area is 112 Å². The highest BCUT2D eigenvalue weighted by atomic mass is 35.5. The van der Waals surface area contributed by atoms with E-state index in [2.05, 4.69) is 4.98 Å². The maximum Gasteiger partial charge on any atom is 0.357 e. The molecule has 0 amide bonds. The zero-order valence-corrected chi connectivity index (χ0v) is 10.5. The molecule has 5 nitrogen and oxygen atoms in total. The average molecular weight is 287 g/mol. The van der Waals surface area contributed by atoms with E-state index in [4.69, 9.17) is 33.1 Å². The van der Waals surface area contributed by atoms with Crippen molar-refractivity contribution in [1.82, 2.24) is 9.71 Å². The Morgan fingerprint density at radius 2 is 2.00 bits per heavy atom. The number of benzene rings is 1. The van der Waals surface area contributed by atoms with Gasteiger partial charge in [-0.1, -0.05) is 41.9 Å². The standard InChI is InChI=1S/C11H8Cl2N2O3/c12-9-8(10(16)17)14-11(13)15(9)18-6-7-4-2-1-3-5-7/h1-5H,6H2,(H,16,17). The summed E-state index contributed by atoms with van der Waals surface area (Å²) in [5, 5.41) is 8.52. The predicted octanol–water partition coefficient (Wildman–Crippen LogP) is 2.52. The number of rotatable bonds is 4. The highest BCUT2D eigenvalue weighted by Gasteiger charge is 2.20. The summed E-state index contributed by atoms with van der Waals surface area (Å²) in [5.74, 6) is -1.26. The number of aromatic carboxylic acids is 1. The minimum atomic E-state index is -1.26. The van der Waals surface area contributed by atoms with E-state index in [1.54, 1.807) is 0 Å². The van der Waals surface area contributed by atoms with Crippen molar-refractivity contribution in [2.45, 2.75) is 6.61 Å². The summed E-state index contributed by atoms with van der Waals surface area (Å²) in [6.07, 6.45) is 0. The van der Waals surface area contributed by atoms with Crippen LogP contribution in [0.1, 0.15) is 16.1 Å². The van der Waals surface area contributed by atoms with E-state index in [1.807, 2.05) is 30.3 Å². The molecule has 1 N–H and O–H groups in total. The molecule has 0 atom stereocenters. The predicted molar refractivity (Wildman–Crippen MR) is 65.9 cm³/mol. The highest BCUT2D eigenvalue weighted by molar-refractivity contribution is 6.34. The van der Waals surface area contributed by atoms with Gasteiger partial charge in [-0.2, -0.15) is 0 Å². The molecule has 0 saturated carbocycles. The molecule has 0 unspecified atom stereocenters. The lowest BCUT2D eigenvalue weighted by molar-refractivity contribution is 0.0686. The molecule has 0 fully saturated rings. The molecule has 0 spiro atoms. The molecular weight excluding hydrogens is 279 g/mol. The molecule has 94 valence electrons. The van der Waals surface area contributed by atoms with Crippen LogP contribution >= 0.6 is 23.2 Å². The Kier molecular flexibility index (Phi) is 3.74. The number of imidazole rings is 1. The van der Waals surface area contributed by atoms with Crippen LogP contribution in [0.25, 0.3) is 0 Å². The number of carbonyl (C=O) groups is 1. The maximum absolute atomic E-state index is 10.8. The fraction of sp³-hybridized carbons (Fsp3) is 0.0909. The normalized spacial score (nSPS) is 10.3. The third kappa shape index (κ3) is 2.57. The van der Waals surface area contributed by atoms with Crippen LogP contribution < -0.4 is 4.84 Å². The first-order valence-corrected chi connectivity index (χ1v) is 5.69. The number of carboxylic acids is 1. The summed E-state index contributed by atoms with van der Waals surface area (Å²) in [4.78, 5) is 19.7. The van der Waals surface area contributed by atoms with Gasteiger partial charge in [-0.15, -0.1) is 4.73 Å². The van der Waals surface area contributed by atoms with Crippen molar-refractivity contribution < 1.29 is 14.7 Å². The van der Waals surface area contributed by atoms with E-state index in [0.717, 1.165) is 10.3 Å². The molecular formula is C11H8Cl2N2O3. The second kappa shape index (κ2) is 5.29. The minimum absolute atomic E-state index is 0.131. The molecule has 18 heavy (non-hydrogen) atoms. The first-order valence-electron chi connectivity index (χ1n) is 4.94. The number of carboxylic acid groups (broad SMARTS) is 1. The van der Waals surface area contributed by atoms with Crippen LogP contribution in [0.3, 0.4) is 0 Å². The molecule has 7 heteroatoms. The summed E-state index contributed by atoms with van der Waals surface area (Å²) >= 11 is 11.5. The van der Waals surface area contributed by atoms with Gasteiger partial charge in [0.05, 0.1) is 0 Å². The van der Waals surface area contributed by atoms with Crippen molar-refractivity contribution in [2.75, 3.05) is 0 Å². The van der Waals surface area contributed by atoms with Crippen molar-refractivity contribution >= 4 is 29.2 Å². The van der Waals surface area contributed by atoms with Crippen molar-refractivity contribution in [2.24, 2.45) is 0 Å². The molecule has 1 aromatic carbocycles. The topological polar surface area (TPSA) is 64.3 Å². The largest absolute Gasteiger partial charge is 0.476 e. The van der Waals surface area contributed by atoms with E-state index in [9.17, 15) is 4.79 Å². The lowest BCUT2D eigenvalue weighted by Gasteiger charge is -2.07. The van der Waals surface area contributed by atoms with Crippen LogP contribution in [0.4, 0.5) is 0 Å². The molecule has 1 heterocycles. The molecule has 0 aliphatic heterocycles. The van der Waals surface area contributed by atoms with Gasteiger partial charge in [0.25, 0.3) is 0 Å². The van der Waals surface area contributed by atoms with Gasteiger partial charge in [0, 0.05) is 0 Å². The minimum Gasteiger partial charge on any atom is -0.476 e. The van der Waals surface area contributed by atoms with Gasteiger partial charge in [-0.25, -0.2) is 9.78 Å². The van der Waals surface area contributed by atoms with Crippen LogP contribution in [-0.2, 0) is 6.61 Å². The first kappa shape index (κ1) is 12.7. The van der Waals surface area contributed by atoms with Gasteiger partial charge in [0.2, 0.25) is 5.28 Å². The van der Waals surface area contributed by atoms with Crippen molar-refractivity contribution in [3.63, 3.8) is 0 Å². The smallest absolute Gasteiger partial charge is 0.357 e. The average Bonchev–Trinajstić information content (AvgIpc) is 2.64. The molecule has 1 aromatic heterocycles. The molecule has 2 rings (SSSR count). The number of hydrogen-bond acceptors (Lipinski definition) is 3. The number of hydrogen-bond donors (Lipinski definition) is 1. The van der Waals surface area contributed by atoms with Crippen molar-refractivity contribution in [1.29, 1.82) is 0 Å². The van der Waals surface area contributed by atoms with E-state index in [0.29, 0.717) is 0 Å². The molecule has 2 aromatic rings. The molecule has 0 saturated heterocycles. The van der Waals surface area contributed by atoms with Crippen LogP contribution in [0, 0.1) is 0 Å². The molecule has 0 radical (unpaired) electrons. The summed E-state index contributed by atoms with van der Waals surface area (Å²) in [5.41, 5.74) is 0.560.